The lowest BCUT2D eigenvalue weighted by molar-refractivity contribution is 0.246. The molecule has 7 heteroatoms. The molecule has 0 amide bonds. The number of aromatic nitrogens is 2. The summed E-state index contributed by atoms with van der Waals surface area (Å²) in [5.41, 5.74) is 6.71. The number of piperidine rings is 1. The number of thioether (sulfide) groups is 1. The summed E-state index contributed by atoms with van der Waals surface area (Å²) in [6.45, 7) is 7.54. The highest BCUT2D eigenvalue weighted by molar-refractivity contribution is 7.99. The summed E-state index contributed by atoms with van der Waals surface area (Å²) in [4.78, 5) is 22.6. The van der Waals surface area contributed by atoms with E-state index < -0.39 is 0 Å². The molecule has 150 valence electrons. The van der Waals surface area contributed by atoms with Crippen molar-refractivity contribution in [2.75, 3.05) is 26.7 Å². The van der Waals surface area contributed by atoms with Crippen molar-refractivity contribution in [3.8, 4) is 0 Å². The minimum Gasteiger partial charge on any atom is -0.318 e. The summed E-state index contributed by atoms with van der Waals surface area (Å²) in [6.07, 6.45) is 4.59. The average Bonchev–Trinajstić information content (AvgIpc) is 2.99. The topological polar surface area (TPSA) is 64.3 Å². The van der Waals surface area contributed by atoms with Crippen molar-refractivity contribution in [2.24, 2.45) is 0 Å². The number of H-pyrrole nitrogens is 1. The van der Waals surface area contributed by atoms with Crippen LogP contribution in [-0.2, 0) is 5.75 Å². The van der Waals surface area contributed by atoms with Gasteiger partial charge in [-0.1, -0.05) is 12.1 Å². The Morgan fingerprint density at radius 3 is 2.79 bits per heavy atom. The second-order valence-corrected chi connectivity index (χ2v) is 9.22. The lowest BCUT2D eigenvalue weighted by Gasteiger charge is -2.32. The normalized spacial score (nSPS) is 21.5. The number of hydrogen-bond acceptors (Lipinski definition) is 6. The maximum Gasteiger partial charge on any atom is 0.258 e. The smallest absolute Gasteiger partial charge is 0.258 e. The van der Waals surface area contributed by atoms with Gasteiger partial charge >= 0.3 is 0 Å². The van der Waals surface area contributed by atoms with Gasteiger partial charge in [0.25, 0.3) is 5.56 Å². The van der Waals surface area contributed by atoms with E-state index >= 15 is 0 Å². The first-order chi connectivity index (χ1) is 13.5. The molecular weight excluding hydrogens is 370 g/mol. The van der Waals surface area contributed by atoms with Crippen molar-refractivity contribution in [3.05, 3.63) is 51.7 Å². The van der Waals surface area contributed by atoms with Crippen molar-refractivity contribution < 1.29 is 0 Å². The first-order valence-corrected chi connectivity index (χ1v) is 11.1. The van der Waals surface area contributed by atoms with Gasteiger partial charge in [0.1, 0.15) is 5.82 Å². The number of hydrazine groups is 1. The number of nitrogens with one attached hydrogen (secondary N) is 2. The minimum atomic E-state index is -0.0309. The van der Waals surface area contributed by atoms with E-state index in [0.717, 1.165) is 42.3 Å². The summed E-state index contributed by atoms with van der Waals surface area (Å²) >= 11 is 1.92. The van der Waals surface area contributed by atoms with Gasteiger partial charge in [0.15, 0.2) is 0 Å². The summed E-state index contributed by atoms with van der Waals surface area (Å²) in [5.74, 6) is 1.56. The van der Waals surface area contributed by atoms with Gasteiger partial charge in [0.05, 0.1) is 16.7 Å². The molecule has 2 N–H and O–H groups in total. The van der Waals surface area contributed by atoms with Crippen LogP contribution >= 0.6 is 11.8 Å². The first-order valence-electron chi connectivity index (χ1n) is 10.0. The maximum atomic E-state index is 12.3. The first kappa shape index (κ1) is 19.5. The van der Waals surface area contributed by atoms with Crippen LogP contribution in [0.25, 0.3) is 10.9 Å². The van der Waals surface area contributed by atoms with E-state index in [1.54, 1.807) is 0 Å². The van der Waals surface area contributed by atoms with Crippen LogP contribution in [0.15, 0.2) is 34.8 Å². The van der Waals surface area contributed by atoms with E-state index in [4.69, 9.17) is 4.98 Å². The van der Waals surface area contributed by atoms with Crippen LogP contribution in [0.1, 0.15) is 31.2 Å². The van der Waals surface area contributed by atoms with Crippen LogP contribution in [0.4, 0.5) is 0 Å². The van der Waals surface area contributed by atoms with Gasteiger partial charge in [0, 0.05) is 31.1 Å². The molecule has 0 bridgehead atoms. The van der Waals surface area contributed by atoms with Crippen LogP contribution in [0, 0.1) is 6.92 Å². The van der Waals surface area contributed by atoms with Gasteiger partial charge in [-0.2, -0.15) is 11.8 Å². The van der Waals surface area contributed by atoms with E-state index in [0.29, 0.717) is 16.7 Å². The largest absolute Gasteiger partial charge is 0.318 e. The Morgan fingerprint density at radius 1 is 1.29 bits per heavy atom. The second kappa shape index (κ2) is 8.27. The van der Waals surface area contributed by atoms with Crippen molar-refractivity contribution in [1.82, 2.24) is 25.3 Å². The Bertz CT molecular complexity index is 932. The highest BCUT2D eigenvalue weighted by Gasteiger charge is 2.24. The molecule has 1 atom stereocenters. The van der Waals surface area contributed by atoms with Crippen LogP contribution in [0.2, 0.25) is 0 Å². The predicted molar refractivity (Wildman–Crippen MR) is 116 cm³/mol. The number of benzene rings is 1. The van der Waals surface area contributed by atoms with Crippen LogP contribution < -0.4 is 11.0 Å². The van der Waals surface area contributed by atoms with Gasteiger partial charge < -0.3 is 9.99 Å². The fourth-order valence-corrected chi connectivity index (χ4v) is 5.15. The van der Waals surface area contributed by atoms with E-state index in [1.165, 1.54) is 18.4 Å². The Balaban J connectivity index is 1.31. The Morgan fingerprint density at radius 2 is 2.07 bits per heavy atom. The van der Waals surface area contributed by atoms with Crippen LogP contribution in [0.3, 0.4) is 0 Å². The molecule has 1 aromatic carbocycles. The third kappa shape index (κ3) is 4.26. The van der Waals surface area contributed by atoms with E-state index in [9.17, 15) is 4.79 Å². The summed E-state index contributed by atoms with van der Waals surface area (Å²) < 4.78 is 0. The SMILES string of the molecule is Cc1cccc2c(=O)[nH]c(CSC3CCN(CC4=CN(C)NC4C)CC3)nc12. The van der Waals surface area contributed by atoms with Crippen molar-refractivity contribution in [2.45, 2.75) is 43.7 Å². The van der Waals surface area contributed by atoms with Gasteiger partial charge in [-0.15, -0.1) is 0 Å². The molecule has 0 spiro atoms. The van der Waals surface area contributed by atoms with Gasteiger partial charge in [-0.25, -0.2) is 10.4 Å². The second-order valence-electron chi connectivity index (χ2n) is 7.94. The van der Waals surface area contributed by atoms with E-state index in [1.807, 2.05) is 36.9 Å². The number of para-hydroxylation sites is 1. The lowest BCUT2D eigenvalue weighted by atomic mass is 10.1. The van der Waals surface area contributed by atoms with Crippen LogP contribution in [0.5, 0.6) is 0 Å². The number of fused-ring (bicyclic) bond motifs is 1. The van der Waals surface area contributed by atoms with E-state index in [-0.39, 0.29) is 5.56 Å². The number of rotatable bonds is 5. The molecule has 2 aliphatic heterocycles. The molecule has 3 heterocycles. The lowest BCUT2D eigenvalue weighted by Crippen LogP contribution is -2.38. The molecular formula is C21H29N5OS. The molecule has 6 nitrogen and oxygen atoms in total. The highest BCUT2D eigenvalue weighted by Crippen LogP contribution is 2.27. The Hall–Kier alpha value is -1.83. The molecule has 28 heavy (non-hydrogen) atoms. The number of aromatic amines is 1. The molecule has 1 saturated heterocycles. The zero-order valence-corrected chi connectivity index (χ0v) is 17.7. The number of aryl methyl sites for hydroxylation is 1. The zero-order valence-electron chi connectivity index (χ0n) is 16.9. The minimum absolute atomic E-state index is 0.0309. The Labute approximate surface area is 170 Å². The van der Waals surface area contributed by atoms with Gasteiger partial charge in [-0.05, 0) is 57.0 Å². The molecule has 2 aromatic rings. The molecule has 0 radical (unpaired) electrons. The number of likely N-dealkylation sites (tertiary alicyclic amines) is 1. The fourth-order valence-electron chi connectivity index (χ4n) is 4.07. The summed E-state index contributed by atoms with van der Waals surface area (Å²) in [7, 11) is 2.05. The standard InChI is InChI=1S/C21H29N5OS/c1-14-5-4-6-18-20(14)22-19(23-21(18)27)13-28-17-7-9-26(10-8-17)12-16-11-25(3)24-15(16)2/h4-6,11,15,17,24H,7-10,12-13H2,1-3H3,(H,22,23,27). The summed E-state index contributed by atoms with van der Waals surface area (Å²) in [6, 6.07) is 6.19. The monoisotopic (exact) mass is 399 g/mol. The predicted octanol–water partition coefficient (Wildman–Crippen LogP) is 2.65. The molecule has 0 saturated carbocycles. The van der Waals surface area contributed by atoms with Crippen molar-refractivity contribution in [3.63, 3.8) is 0 Å². The molecule has 1 fully saturated rings. The maximum absolute atomic E-state index is 12.3. The third-order valence-electron chi connectivity index (χ3n) is 5.70. The van der Waals surface area contributed by atoms with Crippen molar-refractivity contribution in [1.29, 1.82) is 0 Å². The Kier molecular flexibility index (Phi) is 5.75. The van der Waals surface area contributed by atoms with E-state index in [2.05, 4.69) is 40.5 Å². The number of hydrogen-bond donors (Lipinski definition) is 2. The quantitative estimate of drug-likeness (QED) is 0.806. The van der Waals surface area contributed by atoms with Crippen LogP contribution in [-0.4, -0.2) is 57.9 Å². The van der Waals surface area contributed by atoms with Crippen molar-refractivity contribution >= 4 is 22.7 Å². The molecule has 1 aromatic heterocycles. The van der Waals surface area contributed by atoms with Gasteiger partial charge in [-0.3, -0.25) is 9.69 Å². The van der Waals surface area contributed by atoms with Gasteiger partial charge in [0.2, 0.25) is 0 Å². The molecule has 2 aliphatic rings. The summed E-state index contributed by atoms with van der Waals surface area (Å²) in [5, 5.41) is 3.37. The molecule has 0 aliphatic carbocycles. The molecule has 4 rings (SSSR count). The zero-order chi connectivity index (χ0) is 19.7. The third-order valence-corrected chi connectivity index (χ3v) is 7.08. The number of nitrogens with zero attached hydrogens (tertiary/aromatic N) is 3. The average molecular weight is 400 g/mol. The highest BCUT2D eigenvalue weighted by atomic mass is 32.2. The fraction of sp³-hybridized carbons (Fsp3) is 0.524. The molecule has 1 unspecified atom stereocenters.